The summed E-state index contributed by atoms with van der Waals surface area (Å²) in [6.07, 6.45) is 1.71. The molecule has 0 amide bonds. The number of nitrogens with two attached hydrogens (primary N) is 1. The molecule has 6 heteroatoms. The molecule has 0 aliphatic carbocycles. The summed E-state index contributed by atoms with van der Waals surface area (Å²) < 4.78 is 0. The minimum absolute atomic E-state index is 0.134. The van der Waals surface area contributed by atoms with Crippen molar-refractivity contribution < 1.29 is 9.90 Å². The molecule has 16 heavy (non-hydrogen) atoms. The van der Waals surface area contributed by atoms with E-state index in [0.717, 1.165) is 0 Å². The second-order valence-corrected chi connectivity index (χ2v) is 4.15. The first-order valence-corrected chi connectivity index (χ1v) is 5.65. The number of nitrogens with zero attached hydrogens (tertiary/aromatic N) is 1. The van der Waals surface area contributed by atoms with Crippen LogP contribution in [0.15, 0.2) is 24.4 Å². The Hall–Kier alpha value is -0.980. The molecule has 0 aromatic carbocycles. The number of hydrogen-bond donors (Lipinski definition) is 3. The molecule has 0 saturated heterocycles. The first-order valence-electron chi connectivity index (χ1n) is 4.61. The second-order valence-electron chi connectivity index (χ2n) is 3.29. The number of thiocarbonyl (C=S) groups is 1. The second kappa shape index (κ2) is 5.38. The van der Waals surface area contributed by atoms with Gasteiger partial charge in [-0.15, -0.1) is 0 Å². The van der Waals surface area contributed by atoms with Crippen molar-refractivity contribution in [2.75, 3.05) is 5.75 Å². The Kier molecular flexibility index (Phi) is 4.40. The van der Waals surface area contributed by atoms with E-state index in [2.05, 4.69) is 17.6 Å². The van der Waals surface area contributed by atoms with E-state index >= 15 is 0 Å². The molecule has 1 atom stereocenters. The van der Waals surface area contributed by atoms with E-state index in [1.165, 1.54) is 0 Å². The molecular formula is C10H12N2O2S2. The minimum atomic E-state index is -1.58. The van der Waals surface area contributed by atoms with E-state index < -0.39 is 11.5 Å². The molecule has 3 N–H and O–H groups in total. The number of thiol groups is 1. The summed E-state index contributed by atoms with van der Waals surface area (Å²) in [5.41, 5.74) is 4.64. The molecule has 1 aromatic rings. The van der Waals surface area contributed by atoms with Crippen molar-refractivity contribution in [2.24, 2.45) is 5.73 Å². The fourth-order valence-electron chi connectivity index (χ4n) is 1.22. The first-order chi connectivity index (χ1) is 7.52. The van der Waals surface area contributed by atoms with Crippen molar-refractivity contribution >= 4 is 35.7 Å². The van der Waals surface area contributed by atoms with E-state index in [4.69, 9.17) is 23.1 Å². The number of rotatable bonds is 5. The number of carbonyl (C=O) groups is 1. The average Bonchev–Trinajstić information content (AvgIpc) is 2.29. The standard InChI is InChI=1S/C10H12N2O2S2/c11-10(4-6-15,9(13)14)8(16)7-3-1-2-5-12-7/h1-3,5,15H,4,6,11H2,(H,13,14)/t10-/m1/s1. The molecule has 0 bridgehead atoms. The van der Waals surface area contributed by atoms with Gasteiger partial charge in [-0.3, -0.25) is 4.98 Å². The fourth-order valence-corrected chi connectivity index (χ4v) is 1.88. The lowest BCUT2D eigenvalue weighted by Gasteiger charge is -2.24. The first kappa shape index (κ1) is 13.1. The summed E-state index contributed by atoms with van der Waals surface area (Å²) in [5.74, 6) is -0.812. The zero-order valence-electron chi connectivity index (χ0n) is 8.46. The minimum Gasteiger partial charge on any atom is -0.480 e. The van der Waals surface area contributed by atoms with Gasteiger partial charge in [0.15, 0.2) is 5.54 Å². The number of aromatic nitrogens is 1. The lowest BCUT2D eigenvalue weighted by molar-refractivity contribution is -0.140. The molecule has 0 spiro atoms. The lowest BCUT2D eigenvalue weighted by atomic mass is 9.91. The molecule has 0 radical (unpaired) electrons. The maximum Gasteiger partial charge on any atom is 0.329 e. The van der Waals surface area contributed by atoms with Crippen LogP contribution in [0.5, 0.6) is 0 Å². The van der Waals surface area contributed by atoms with Gasteiger partial charge < -0.3 is 10.8 Å². The topological polar surface area (TPSA) is 76.2 Å². The van der Waals surface area contributed by atoms with Gasteiger partial charge in [0.1, 0.15) is 0 Å². The van der Waals surface area contributed by atoms with Crippen LogP contribution < -0.4 is 5.73 Å². The average molecular weight is 256 g/mol. The molecule has 1 rings (SSSR count). The van der Waals surface area contributed by atoms with Crippen molar-refractivity contribution in [2.45, 2.75) is 12.0 Å². The maximum absolute atomic E-state index is 11.2. The Balaban J connectivity index is 3.06. The number of pyridine rings is 1. The van der Waals surface area contributed by atoms with Crippen LogP contribution in [0.3, 0.4) is 0 Å². The number of carboxylic acid groups (broad SMARTS) is 1. The van der Waals surface area contributed by atoms with E-state index in [1.807, 2.05) is 0 Å². The van der Waals surface area contributed by atoms with Crippen LogP contribution in [0.4, 0.5) is 0 Å². The summed E-state index contributed by atoms with van der Waals surface area (Å²) >= 11 is 9.09. The molecule has 86 valence electrons. The highest BCUT2D eigenvalue weighted by Gasteiger charge is 2.39. The Morgan fingerprint density at radius 1 is 1.62 bits per heavy atom. The highest BCUT2D eigenvalue weighted by molar-refractivity contribution is 7.81. The summed E-state index contributed by atoms with van der Waals surface area (Å²) in [6, 6.07) is 5.10. The van der Waals surface area contributed by atoms with Crippen LogP contribution in [-0.4, -0.2) is 32.2 Å². The van der Waals surface area contributed by atoms with E-state index in [9.17, 15) is 4.79 Å². The highest BCUT2D eigenvalue weighted by Crippen LogP contribution is 2.16. The van der Waals surface area contributed by atoms with Crippen LogP contribution in [0.2, 0.25) is 0 Å². The van der Waals surface area contributed by atoms with Gasteiger partial charge in [0.05, 0.1) is 10.6 Å². The zero-order chi connectivity index (χ0) is 12.2. The normalized spacial score (nSPS) is 14.1. The van der Waals surface area contributed by atoms with Crippen molar-refractivity contribution in [1.82, 2.24) is 4.98 Å². The Morgan fingerprint density at radius 2 is 2.31 bits per heavy atom. The Morgan fingerprint density at radius 3 is 2.75 bits per heavy atom. The van der Waals surface area contributed by atoms with Gasteiger partial charge in [0.25, 0.3) is 0 Å². The molecule has 0 fully saturated rings. The summed E-state index contributed by atoms with van der Waals surface area (Å²) in [4.78, 5) is 15.3. The predicted octanol–water partition coefficient (Wildman–Crippen LogP) is 0.902. The van der Waals surface area contributed by atoms with Crippen molar-refractivity contribution in [3.8, 4) is 0 Å². The summed E-state index contributed by atoms with van der Waals surface area (Å²) in [6.45, 7) is 0. The Labute approximate surface area is 104 Å². The Bertz CT molecular complexity index is 397. The van der Waals surface area contributed by atoms with Gasteiger partial charge in [0, 0.05) is 6.20 Å². The molecule has 0 aliphatic rings. The van der Waals surface area contributed by atoms with Gasteiger partial charge in [-0.2, -0.15) is 12.6 Å². The summed E-state index contributed by atoms with van der Waals surface area (Å²) in [7, 11) is 0. The van der Waals surface area contributed by atoms with E-state index in [1.54, 1.807) is 24.4 Å². The van der Waals surface area contributed by atoms with Gasteiger partial charge in [-0.25, -0.2) is 4.79 Å². The largest absolute Gasteiger partial charge is 0.480 e. The van der Waals surface area contributed by atoms with Crippen LogP contribution >= 0.6 is 24.8 Å². The summed E-state index contributed by atoms with van der Waals surface area (Å²) in [5, 5.41) is 9.12. The van der Waals surface area contributed by atoms with E-state index in [-0.39, 0.29) is 11.3 Å². The molecular weight excluding hydrogens is 244 g/mol. The molecule has 1 heterocycles. The number of aliphatic carboxylic acids is 1. The highest BCUT2D eigenvalue weighted by atomic mass is 32.1. The third-order valence-electron chi connectivity index (χ3n) is 2.19. The predicted molar refractivity (Wildman–Crippen MR) is 69.0 cm³/mol. The maximum atomic E-state index is 11.2. The van der Waals surface area contributed by atoms with Crippen LogP contribution in [-0.2, 0) is 4.79 Å². The number of carboxylic acids is 1. The third kappa shape index (κ3) is 2.58. The quantitative estimate of drug-likeness (QED) is 0.414. The fraction of sp³-hybridized carbons (Fsp3) is 0.300. The SMILES string of the molecule is N[C@@](CCS)(C(=O)O)C(=S)c1ccccn1. The molecule has 0 unspecified atom stereocenters. The van der Waals surface area contributed by atoms with Crippen LogP contribution in [0, 0.1) is 0 Å². The van der Waals surface area contributed by atoms with Crippen molar-refractivity contribution in [3.63, 3.8) is 0 Å². The monoisotopic (exact) mass is 256 g/mol. The van der Waals surface area contributed by atoms with Gasteiger partial charge in [-0.05, 0) is 24.3 Å². The zero-order valence-corrected chi connectivity index (χ0v) is 10.2. The smallest absolute Gasteiger partial charge is 0.329 e. The number of hydrogen-bond acceptors (Lipinski definition) is 5. The van der Waals surface area contributed by atoms with Gasteiger partial charge in [0.2, 0.25) is 0 Å². The van der Waals surface area contributed by atoms with Crippen molar-refractivity contribution in [3.05, 3.63) is 30.1 Å². The van der Waals surface area contributed by atoms with E-state index in [0.29, 0.717) is 11.4 Å². The van der Waals surface area contributed by atoms with Gasteiger partial charge >= 0.3 is 5.97 Å². The molecule has 0 aliphatic heterocycles. The molecule has 1 aromatic heterocycles. The lowest BCUT2D eigenvalue weighted by Crippen LogP contribution is -2.55. The van der Waals surface area contributed by atoms with Gasteiger partial charge in [-0.1, -0.05) is 18.3 Å². The van der Waals surface area contributed by atoms with Crippen LogP contribution in [0.1, 0.15) is 12.1 Å². The third-order valence-corrected chi connectivity index (χ3v) is 2.99. The molecule has 4 nitrogen and oxygen atoms in total. The van der Waals surface area contributed by atoms with Crippen LogP contribution in [0.25, 0.3) is 0 Å². The molecule has 0 saturated carbocycles. The van der Waals surface area contributed by atoms with Crippen molar-refractivity contribution in [1.29, 1.82) is 0 Å².